The van der Waals surface area contributed by atoms with Crippen molar-refractivity contribution in [3.05, 3.63) is 106 Å². The molecule has 0 spiro atoms. The fourth-order valence-corrected chi connectivity index (χ4v) is 5.11. The van der Waals surface area contributed by atoms with Crippen LogP contribution in [0.2, 0.25) is 0 Å². The molecule has 3 aromatic carbocycles. The van der Waals surface area contributed by atoms with E-state index in [4.69, 9.17) is 4.74 Å². The molecular formula is C34H40N2O4. The molecule has 0 bridgehead atoms. The molecule has 6 heteroatoms. The topological polar surface area (TPSA) is 70.1 Å². The lowest BCUT2D eigenvalue weighted by molar-refractivity contribution is -0.140. The summed E-state index contributed by atoms with van der Waals surface area (Å²) in [4.78, 5) is 30.5. The van der Waals surface area contributed by atoms with E-state index in [1.54, 1.807) is 29.2 Å². The zero-order valence-electron chi connectivity index (χ0n) is 24.2. The summed E-state index contributed by atoms with van der Waals surface area (Å²) in [5.41, 5.74) is 4.82. The number of ketones is 1. The van der Waals surface area contributed by atoms with Crippen LogP contribution in [0.15, 0.2) is 78.4 Å². The maximum absolute atomic E-state index is 13.4. The van der Waals surface area contributed by atoms with E-state index in [2.05, 4.69) is 32.6 Å². The highest BCUT2D eigenvalue weighted by atomic mass is 16.5. The quantitative estimate of drug-likeness (QED) is 0.172. The second-order valence-corrected chi connectivity index (χ2v) is 10.6. The molecular weight excluding hydrogens is 500 g/mol. The third kappa shape index (κ3) is 6.28. The van der Waals surface area contributed by atoms with Crippen LogP contribution in [-0.4, -0.2) is 52.8 Å². The third-order valence-electron chi connectivity index (χ3n) is 7.79. The van der Waals surface area contributed by atoms with Crippen molar-refractivity contribution in [3.8, 4) is 5.75 Å². The van der Waals surface area contributed by atoms with E-state index in [0.29, 0.717) is 36.9 Å². The first-order valence-electron chi connectivity index (χ1n) is 14.1. The minimum absolute atomic E-state index is 0.121. The summed E-state index contributed by atoms with van der Waals surface area (Å²) >= 11 is 0. The molecule has 4 rings (SSSR count). The Hall–Kier alpha value is -3.90. The predicted octanol–water partition coefficient (Wildman–Crippen LogP) is 6.46. The van der Waals surface area contributed by atoms with Gasteiger partial charge in [0.15, 0.2) is 0 Å². The van der Waals surface area contributed by atoms with Crippen LogP contribution < -0.4 is 4.74 Å². The van der Waals surface area contributed by atoms with E-state index in [1.807, 2.05) is 55.5 Å². The number of hydrogen-bond donors (Lipinski definition) is 1. The van der Waals surface area contributed by atoms with Gasteiger partial charge in [-0.3, -0.25) is 9.59 Å². The van der Waals surface area contributed by atoms with Crippen molar-refractivity contribution in [2.75, 3.05) is 26.2 Å². The molecule has 1 fully saturated rings. The Kier molecular flexibility index (Phi) is 9.43. The molecule has 1 heterocycles. The molecule has 40 heavy (non-hydrogen) atoms. The van der Waals surface area contributed by atoms with Gasteiger partial charge in [-0.25, -0.2) is 0 Å². The molecule has 1 aliphatic heterocycles. The Morgan fingerprint density at radius 1 is 0.950 bits per heavy atom. The normalized spacial score (nSPS) is 16.8. The van der Waals surface area contributed by atoms with Crippen molar-refractivity contribution in [1.29, 1.82) is 0 Å². The van der Waals surface area contributed by atoms with Crippen LogP contribution in [0, 0.1) is 6.92 Å². The lowest BCUT2D eigenvalue weighted by Crippen LogP contribution is -2.38. The highest BCUT2D eigenvalue weighted by molar-refractivity contribution is 6.46. The molecule has 6 nitrogen and oxygen atoms in total. The van der Waals surface area contributed by atoms with Crippen LogP contribution in [0.25, 0.3) is 5.76 Å². The zero-order chi connectivity index (χ0) is 28.8. The Balaban J connectivity index is 1.66. The summed E-state index contributed by atoms with van der Waals surface area (Å²) < 4.78 is 5.95. The predicted molar refractivity (Wildman–Crippen MR) is 159 cm³/mol. The van der Waals surface area contributed by atoms with Gasteiger partial charge in [-0.15, -0.1) is 0 Å². The van der Waals surface area contributed by atoms with E-state index in [1.165, 1.54) is 5.56 Å². The van der Waals surface area contributed by atoms with Crippen LogP contribution in [0.5, 0.6) is 5.75 Å². The highest BCUT2D eigenvalue weighted by Crippen LogP contribution is 2.39. The lowest BCUT2D eigenvalue weighted by Gasteiger charge is -2.28. The van der Waals surface area contributed by atoms with Gasteiger partial charge < -0.3 is 19.6 Å². The zero-order valence-corrected chi connectivity index (χ0v) is 24.2. The van der Waals surface area contributed by atoms with Crippen LogP contribution in [0.4, 0.5) is 0 Å². The number of Topliss-reactive ketones (excluding diaryl/α,β-unsaturated/α-hetero) is 1. The SMILES string of the molecule is CCN(CC)CCN1C(=O)C(=O)/C(=C(/O)c2ccc(OCc3ccccc3C)cc2)C1c1ccc(C(C)C)cc1. The van der Waals surface area contributed by atoms with Crippen molar-refractivity contribution in [3.63, 3.8) is 0 Å². The summed E-state index contributed by atoms with van der Waals surface area (Å²) in [5.74, 6) is -0.401. The maximum Gasteiger partial charge on any atom is 0.295 e. The molecule has 1 aliphatic rings. The number of rotatable bonds is 11. The number of benzene rings is 3. The molecule has 0 radical (unpaired) electrons. The molecule has 1 saturated heterocycles. The fraction of sp³-hybridized carbons (Fsp3) is 0.353. The van der Waals surface area contributed by atoms with Crippen molar-refractivity contribution in [2.24, 2.45) is 0 Å². The van der Waals surface area contributed by atoms with E-state index >= 15 is 0 Å². The second-order valence-electron chi connectivity index (χ2n) is 10.6. The summed E-state index contributed by atoms with van der Waals surface area (Å²) in [6.45, 7) is 13.6. The number of nitrogens with zero attached hydrogens (tertiary/aromatic N) is 2. The third-order valence-corrected chi connectivity index (χ3v) is 7.79. The molecule has 1 amide bonds. The Morgan fingerprint density at radius 3 is 2.20 bits per heavy atom. The number of hydrogen-bond acceptors (Lipinski definition) is 5. The van der Waals surface area contributed by atoms with Gasteiger partial charge in [0, 0.05) is 18.7 Å². The van der Waals surface area contributed by atoms with Gasteiger partial charge in [-0.2, -0.15) is 0 Å². The number of amides is 1. The van der Waals surface area contributed by atoms with E-state index < -0.39 is 17.7 Å². The van der Waals surface area contributed by atoms with Crippen molar-refractivity contribution < 1.29 is 19.4 Å². The standard InChI is InChI=1S/C34H40N2O4/c1-6-35(7-2)20-21-36-31(26-14-12-25(13-15-26)23(3)4)30(33(38)34(36)39)32(37)27-16-18-29(19-17-27)40-22-28-11-9-8-10-24(28)5/h8-19,23,31,37H,6-7,20-22H2,1-5H3/b32-30+. The van der Waals surface area contributed by atoms with Crippen molar-refractivity contribution in [1.82, 2.24) is 9.80 Å². The van der Waals surface area contributed by atoms with Gasteiger partial charge >= 0.3 is 0 Å². The van der Waals surface area contributed by atoms with Crippen LogP contribution in [0.1, 0.15) is 67.5 Å². The summed E-state index contributed by atoms with van der Waals surface area (Å²) in [7, 11) is 0. The smallest absolute Gasteiger partial charge is 0.295 e. The molecule has 1 unspecified atom stereocenters. The van der Waals surface area contributed by atoms with Crippen molar-refractivity contribution >= 4 is 17.4 Å². The number of aliphatic hydroxyl groups is 1. The number of ether oxygens (including phenoxy) is 1. The molecule has 3 aromatic rings. The first kappa shape index (κ1) is 29.1. The average Bonchev–Trinajstić information content (AvgIpc) is 3.22. The van der Waals surface area contributed by atoms with Gasteiger partial charge in [0.2, 0.25) is 0 Å². The number of likely N-dealkylation sites (N-methyl/N-ethyl adjacent to an activating group) is 1. The fourth-order valence-electron chi connectivity index (χ4n) is 5.11. The second kappa shape index (κ2) is 13.0. The highest BCUT2D eigenvalue weighted by Gasteiger charge is 2.46. The Bertz CT molecular complexity index is 1360. The number of likely N-dealkylation sites (tertiary alicyclic amines) is 1. The molecule has 0 aliphatic carbocycles. The summed E-state index contributed by atoms with van der Waals surface area (Å²) in [6.07, 6.45) is 0. The first-order chi connectivity index (χ1) is 19.2. The Labute approximate surface area is 237 Å². The van der Waals surface area contributed by atoms with Crippen LogP contribution in [0.3, 0.4) is 0 Å². The number of carbonyl (C=O) groups excluding carboxylic acids is 2. The van der Waals surface area contributed by atoms with Crippen LogP contribution >= 0.6 is 0 Å². The monoisotopic (exact) mass is 540 g/mol. The Morgan fingerprint density at radius 2 is 1.60 bits per heavy atom. The number of carbonyl (C=O) groups is 2. The van der Waals surface area contributed by atoms with Gasteiger partial charge in [0.05, 0.1) is 11.6 Å². The van der Waals surface area contributed by atoms with Crippen LogP contribution in [-0.2, 0) is 16.2 Å². The average molecular weight is 541 g/mol. The molecule has 1 atom stereocenters. The summed E-state index contributed by atoms with van der Waals surface area (Å²) in [5, 5.41) is 11.4. The first-order valence-corrected chi connectivity index (χ1v) is 14.1. The largest absolute Gasteiger partial charge is 0.507 e. The van der Waals surface area contributed by atoms with Gasteiger partial charge in [-0.05, 0) is 72.5 Å². The minimum Gasteiger partial charge on any atom is -0.507 e. The van der Waals surface area contributed by atoms with E-state index in [0.717, 1.165) is 29.8 Å². The molecule has 1 N–H and O–H groups in total. The lowest BCUT2D eigenvalue weighted by atomic mass is 9.93. The molecule has 0 aromatic heterocycles. The van der Waals surface area contributed by atoms with Gasteiger partial charge in [0.25, 0.3) is 11.7 Å². The van der Waals surface area contributed by atoms with E-state index in [-0.39, 0.29) is 11.3 Å². The van der Waals surface area contributed by atoms with E-state index in [9.17, 15) is 14.7 Å². The molecule has 210 valence electrons. The number of aliphatic hydroxyl groups excluding tert-OH is 1. The summed E-state index contributed by atoms with van der Waals surface area (Å²) in [6, 6.07) is 22.4. The van der Waals surface area contributed by atoms with Gasteiger partial charge in [-0.1, -0.05) is 76.2 Å². The number of aryl methyl sites for hydroxylation is 1. The maximum atomic E-state index is 13.4. The minimum atomic E-state index is -0.659. The van der Waals surface area contributed by atoms with Crippen molar-refractivity contribution in [2.45, 2.75) is 53.2 Å². The van der Waals surface area contributed by atoms with Gasteiger partial charge in [0.1, 0.15) is 18.1 Å². The molecule has 0 saturated carbocycles.